The molecule has 0 aliphatic heterocycles. The molecular formula is C17H11ClN2O5S. The van der Waals surface area contributed by atoms with Gasteiger partial charge in [-0.2, -0.15) is 0 Å². The maximum Gasteiger partial charge on any atom is 0.368 e. The molecule has 0 aliphatic carbocycles. The summed E-state index contributed by atoms with van der Waals surface area (Å²) in [5.41, 5.74) is 0.716. The van der Waals surface area contributed by atoms with Crippen LogP contribution in [0.5, 0.6) is 0 Å². The highest BCUT2D eigenvalue weighted by Gasteiger charge is 2.17. The Balaban J connectivity index is 1.70. The molecule has 0 atom stereocenters. The molecule has 3 heterocycles. The summed E-state index contributed by atoms with van der Waals surface area (Å²) in [6, 6.07) is 8.09. The van der Waals surface area contributed by atoms with Crippen molar-refractivity contribution < 1.29 is 23.6 Å². The summed E-state index contributed by atoms with van der Waals surface area (Å²) in [5.74, 6) is -0.373. The van der Waals surface area contributed by atoms with Crippen LogP contribution in [0.3, 0.4) is 0 Å². The summed E-state index contributed by atoms with van der Waals surface area (Å²) in [4.78, 5) is 32.6. The maximum absolute atomic E-state index is 11.9. The SMILES string of the molecule is COC(=O)c1sccc1-c1ccc(/C=N\OC(=O)c2cccnc2Cl)o1. The minimum absolute atomic E-state index is 0.0285. The van der Waals surface area contributed by atoms with Crippen molar-refractivity contribution >= 4 is 41.1 Å². The summed E-state index contributed by atoms with van der Waals surface area (Å²) in [6.07, 6.45) is 2.69. The number of pyridine rings is 1. The zero-order valence-electron chi connectivity index (χ0n) is 13.3. The van der Waals surface area contributed by atoms with Gasteiger partial charge in [-0.25, -0.2) is 14.6 Å². The second-order valence-electron chi connectivity index (χ2n) is 4.81. The molecule has 26 heavy (non-hydrogen) atoms. The molecule has 0 saturated carbocycles. The number of furan rings is 1. The van der Waals surface area contributed by atoms with E-state index in [0.29, 0.717) is 22.0 Å². The van der Waals surface area contributed by atoms with Gasteiger partial charge in [0.2, 0.25) is 0 Å². The average molecular weight is 391 g/mol. The lowest BCUT2D eigenvalue weighted by Crippen LogP contribution is -2.02. The van der Waals surface area contributed by atoms with Crippen molar-refractivity contribution in [1.82, 2.24) is 4.98 Å². The van der Waals surface area contributed by atoms with Crippen LogP contribution in [0.1, 0.15) is 25.8 Å². The molecule has 0 bridgehead atoms. The number of aromatic nitrogens is 1. The zero-order valence-corrected chi connectivity index (χ0v) is 14.9. The summed E-state index contributed by atoms with van der Waals surface area (Å²) in [6.45, 7) is 0. The number of thiophene rings is 1. The van der Waals surface area contributed by atoms with Gasteiger partial charge in [0, 0.05) is 11.8 Å². The topological polar surface area (TPSA) is 91.0 Å². The van der Waals surface area contributed by atoms with Crippen molar-refractivity contribution in [2.45, 2.75) is 0 Å². The first-order valence-electron chi connectivity index (χ1n) is 7.21. The van der Waals surface area contributed by atoms with Gasteiger partial charge < -0.3 is 14.0 Å². The predicted octanol–water partition coefficient (Wildman–Crippen LogP) is 4.03. The van der Waals surface area contributed by atoms with E-state index in [-0.39, 0.29) is 10.7 Å². The van der Waals surface area contributed by atoms with E-state index in [9.17, 15) is 9.59 Å². The number of esters is 1. The van der Waals surface area contributed by atoms with Gasteiger partial charge in [-0.15, -0.1) is 11.3 Å². The van der Waals surface area contributed by atoms with E-state index in [1.165, 1.54) is 36.9 Å². The molecule has 9 heteroatoms. The van der Waals surface area contributed by atoms with E-state index in [0.717, 1.165) is 0 Å². The third kappa shape index (κ3) is 3.81. The van der Waals surface area contributed by atoms with E-state index in [1.807, 2.05) is 0 Å². The van der Waals surface area contributed by atoms with Gasteiger partial charge in [-0.3, -0.25) is 0 Å². The van der Waals surface area contributed by atoms with Crippen molar-refractivity contribution in [2.24, 2.45) is 5.16 Å². The molecule has 132 valence electrons. The van der Waals surface area contributed by atoms with Crippen molar-refractivity contribution in [1.29, 1.82) is 0 Å². The molecule has 0 radical (unpaired) electrons. The van der Waals surface area contributed by atoms with Crippen LogP contribution in [0.4, 0.5) is 0 Å². The minimum Gasteiger partial charge on any atom is -0.465 e. The Hall–Kier alpha value is -2.97. The monoisotopic (exact) mass is 390 g/mol. The molecule has 0 aromatic carbocycles. The zero-order chi connectivity index (χ0) is 18.5. The van der Waals surface area contributed by atoms with Crippen LogP contribution in [0.2, 0.25) is 5.15 Å². The second kappa shape index (κ2) is 7.94. The van der Waals surface area contributed by atoms with Gasteiger partial charge in [0.05, 0.1) is 12.7 Å². The van der Waals surface area contributed by atoms with Gasteiger partial charge in [0.1, 0.15) is 27.8 Å². The van der Waals surface area contributed by atoms with Crippen LogP contribution in [-0.4, -0.2) is 30.2 Å². The fraction of sp³-hybridized carbons (Fsp3) is 0.0588. The molecular weight excluding hydrogens is 380 g/mol. The lowest BCUT2D eigenvalue weighted by atomic mass is 10.2. The Kier molecular flexibility index (Phi) is 5.45. The standard InChI is InChI=1S/C17H11ClN2O5S/c1-23-17(22)14-11(6-8-26-14)13-5-4-10(24-13)9-20-25-16(21)12-3-2-7-19-15(12)18/h2-9H,1H3/b20-9-. The number of oxime groups is 1. The molecule has 0 N–H and O–H groups in total. The fourth-order valence-electron chi connectivity index (χ4n) is 2.03. The van der Waals surface area contributed by atoms with Crippen LogP contribution in [0.15, 0.2) is 51.5 Å². The van der Waals surface area contributed by atoms with Crippen LogP contribution in [-0.2, 0) is 9.57 Å². The third-order valence-corrected chi connectivity index (χ3v) is 4.42. The first-order valence-corrected chi connectivity index (χ1v) is 8.47. The normalized spacial score (nSPS) is 10.8. The first-order chi connectivity index (χ1) is 12.6. The number of hydrogen-bond acceptors (Lipinski definition) is 8. The molecule has 0 spiro atoms. The fourth-order valence-corrected chi connectivity index (χ4v) is 3.05. The van der Waals surface area contributed by atoms with Crippen molar-refractivity contribution in [3.63, 3.8) is 0 Å². The number of halogens is 1. The van der Waals surface area contributed by atoms with Crippen molar-refractivity contribution in [3.05, 3.63) is 63.3 Å². The lowest BCUT2D eigenvalue weighted by Gasteiger charge is -1.99. The average Bonchev–Trinajstić information content (AvgIpc) is 3.30. The highest BCUT2D eigenvalue weighted by atomic mass is 35.5. The lowest BCUT2D eigenvalue weighted by molar-refractivity contribution is 0.0517. The summed E-state index contributed by atoms with van der Waals surface area (Å²) in [5, 5.41) is 5.37. The van der Waals surface area contributed by atoms with E-state index in [4.69, 9.17) is 25.6 Å². The maximum atomic E-state index is 11.9. The molecule has 0 unspecified atom stereocenters. The van der Waals surface area contributed by atoms with Crippen molar-refractivity contribution in [2.75, 3.05) is 7.11 Å². The number of ether oxygens (including phenoxy) is 1. The quantitative estimate of drug-likeness (QED) is 0.215. The molecule has 0 fully saturated rings. The van der Waals surface area contributed by atoms with E-state index in [2.05, 4.69) is 10.1 Å². The Bertz CT molecular complexity index is 979. The highest BCUT2D eigenvalue weighted by molar-refractivity contribution is 7.12. The van der Waals surface area contributed by atoms with E-state index < -0.39 is 11.9 Å². The van der Waals surface area contributed by atoms with Gasteiger partial charge in [0.15, 0.2) is 0 Å². The van der Waals surface area contributed by atoms with Gasteiger partial charge in [0.25, 0.3) is 0 Å². The number of carbonyl (C=O) groups excluding carboxylic acids is 2. The molecule has 3 rings (SSSR count). The molecule has 0 aliphatic rings. The minimum atomic E-state index is -0.739. The number of rotatable bonds is 5. The Morgan fingerprint density at radius 3 is 2.88 bits per heavy atom. The predicted molar refractivity (Wildman–Crippen MR) is 95.6 cm³/mol. The Labute approximate surface area is 156 Å². The summed E-state index contributed by atoms with van der Waals surface area (Å²) >= 11 is 7.06. The van der Waals surface area contributed by atoms with Gasteiger partial charge in [-0.05, 0) is 35.7 Å². The van der Waals surface area contributed by atoms with E-state index in [1.54, 1.807) is 29.6 Å². The van der Waals surface area contributed by atoms with Crippen LogP contribution < -0.4 is 0 Å². The first kappa shape index (κ1) is 17.8. The van der Waals surface area contributed by atoms with Gasteiger partial charge >= 0.3 is 11.9 Å². The Morgan fingerprint density at radius 2 is 2.12 bits per heavy atom. The van der Waals surface area contributed by atoms with E-state index >= 15 is 0 Å². The molecule has 0 saturated heterocycles. The number of carbonyl (C=O) groups is 2. The number of methoxy groups -OCH3 is 1. The van der Waals surface area contributed by atoms with Crippen LogP contribution >= 0.6 is 22.9 Å². The number of hydrogen-bond donors (Lipinski definition) is 0. The molecule has 7 nitrogen and oxygen atoms in total. The smallest absolute Gasteiger partial charge is 0.368 e. The van der Waals surface area contributed by atoms with Gasteiger partial charge in [-0.1, -0.05) is 16.8 Å². The largest absolute Gasteiger partial charge is 0.465 e. The third-order valence-electron chi connectivity index (χ3n) is 3.22. The highest BCUT2D eigenvalue weighted by Crippen LogP contribution is 2.30. The summed E-state index contributed by atoms with van der Waals surface area (Å²) in [7, 11) is 1.31. The van der Waals surface area contributed by atoms with Crippen LogP contribution in [0.25, 0.3) is 11.3 Å². The van der Waals surface area contributed by atoms with Crippen molar-refractivity contribution in [3.8, 4) is 11.3 Å². The second-order valence-corrected chi connectivity index (χ2v) is 6.09. The summed E-state index contributed by atoms with van der Waals surface area (Å²) < 4.78 is 10.3. The van der Waals surface area contributed by atoms with Crippen LogP contribution in [0, 0.1) is 0 Å². The molecule has 0 amide bonds. The number of nitrogens with zero attached hydrogens (tertiary/aromatic N) is 2. The molecule has 3 aromatic heterocycles. The Morgan fingerprint density at radius 1 is 1.27 bits per heavy atom. The molecule has 3 aromatic rings.